The van der Waals surface area contributed by atoms with Crippen LogP contribution in [0.4, 0.5) is 0 Å². The van der Waals surface area contributed by atoms with Gasteiger partial charge in [0.1, 0.15) is 0 Å². The van der Waals surface area contributed by atoms with Gasteiger partial charge in [0.15, 0.2) is 0 Å². The summed E-state index contributed by atoms with van der Waals surface area (Å²) in [7, 11) is 0. The minimum atomic E-state index is -0.667. The van der Waals surface area contributed by atoms with Crippen molar-refractivity contribution in [3.8, 4) is 0 Å². The van der Waals surface area contributed by atoms with Gasteiger partial charge in [-0.05, 0) is 57.8 Å². The molecule has 2 atom stereocenters. The Balaban J connectivity index is 3.38. The topological polar surface area (TPSA) is 95.9 Å². The Hall–Kier alpha value is -1.66. The van der Waals surface area contributed by atoms with Crippen LogP contribution in [0, 0.1) is 0 Å². The fourth-order valence-corrected chi connectivity index (χ4v) is 13.3. The van der Waals surface area contributed by atoms with Crippen LogP contribution in [0.2, 0.25) is 0 Å². The van der Waals surface area contributed by atoms with Gasteiger partial charge in [-0.1, -0.05) is 423 Å². The van der Waals surface area contributed by atoms with E-state index in [2.05, 4.69) is 43.5 Å². The first-order chi connectivity index (χ1) is 44.0. The summed E-state index contributed by atoms with van der Waals surface area (Å²) in [5, 5.41) is 23.5. The number of unbranched alkanes of at least 4 members (excludes halogenated alkanes) is 63. The summed E-state index contributed by atoms with van der Waals surface area (Å²) in [5.74, 6) is -0.0121. The number of carbonyl (C=O) groups excluding carboxylic acids is 2. The molecule has 0 aliphatic heterocycles. The minimum Gasteiger partial charge on any atom is -0.466 e. The average Bonchev–Trinajstić information content (AvgIpc) is 3.57. The standard InChI is InChI=1S/C83H161NO5/c1-3-5-7-9-11-13-15-17-19-21-23-24-25-33-36-40-43-47-51-55-59-63-67-71-75-81(86)80(79-85)84-82(87)76-72-68-64-60-56-52-48-44-41-37-34-31-29-27-26-28-30-32-35-38-42-46-50-54-58-62-66-70-74-78-89-83(88)77-73-69-65-61-57-53-49-45-39-22-20-18-16-14-12-10-8-6-4-2/h26,28,32,35,80-81,85-86H,3-25,27,29-31,33-34,36-79H2,1-2H3,(H,84,87)/b28-26-,35-32-. The first-order valence-electron chi connectivity index (χ1n) is 41.1. The maximum Gasteiger partial charge on any atom is 0.305 e. The second-order valence-electron chi connectivity index (χ2n) is 28.5. The second kappa shape index (κ2) is 78.8. The van der Waals surface area contributed by atoms with Gasteiger partial charge in [0.25, 0.3) is 0 Å². The highest BCUT2D eigenvalue weighted by Gasteiger charge is 2.20. The summed E-state index contributed by atoms with van der Waals surface area (Å²) in [4.78, 5) is 24.7. The number of carbonyl (C=O) groups is 2. The maximum absolute atomic E-state index is 12.6. The van der Waals surface area contributed by atoms with Crippen LogP contribution in [0.1, 0.15) is 470 Å². The summed E-state index contributed by atoms with van der Waals surface area (Å²) in [6, 6.07) is -0.544. The van der Waals surface area contributed by atoms with Gasteiger partial charge in [-0.3, -0.25) is 9.59 Å². The van der Waals surface area contributed by atoms with Crippen LogP contribution in [0.3, 0.4) is 0 Å². The van der Waals surface area contributed by atoms with E-state index in [0.29, 0.717) is 25.9 Å². The summed E-state index contributed by atoms with van der Waals surface area (Å²) in [6.45, 7) is 5.01. The zero-order valence-electron chi connectivity index (χ0n) is 60.7. The number of hydrogen-bond donors (Lipinski definition) is 3. The van der Waals surface area contributed by atoms with Gasteiger partial charge in [0.05, 0.1) is 25.4 Å². The third kappa shape index (κ3) is 75.3. The molecule has 0 fully saturated rings. The molecule has 0 heterocycles. The molecular weight excluding hydrogens is 1090 g/mol. The first-order valence-corrected chi connectivity index (χ1v) is 41.1. The molecular formula is C83H161NO5. The van der Waals surface area contributed by atoms with Gasteiger partial charge in [-0.15, -0.1) is 0 Å². The molecule has 2 unspecified atom stereocenters. The van der Waals surface area contributed by atoms with Crippen molar-refractivity contribution in [2.75, 3.05) is 13.2 Å². The summed E-state index contributed by atoms with van der Waals surface area (Å²) in [5.41, 5.74) is 0. The summed E-state index contributed by atoms with van der Waals surface area (Å²) >= 11 is 0. The number of aliphatic hydroxyl groups is 2. The van der Waals surface area contributed by atoms with Crippen molar-refractivity contribution in [1.29, 1.82) is 0 Å². The largest absolute Gasteiger partial charge is 0.466 e. The molecule has 0 saturated heterocycles. The lowest BCUT2D eigenvalue weighted by Gasteiger charge is -2.22. The minimum absolute atomic E-state index is 0.0181. The highest BCUT2D eigenvalue weighted by Crippen LogP contribution is 2.20. The van der Waals surface area contributed by atoms with E-state index >= 15 is 0 Å². The molecule has 1 amide bonds. The third-order valence-corrected chi connectivity index (χ3v) is 19.5. The van der Waals surface area contributed by atoms with Crippen molar-refractivity contribution in [2.45, 2.75) is 482 Å². The Bertz CT molecular complexity index is 1400. The van der Waals surface area contributed by atoms with E-state index in [0.717, 1.165) is 44.9 Å². The molecule has 3 N–H and O–H groups in total. The Kier molecular flexibility index (Phi) is 77.3. The molecule has 528 valence electrons. The fourth-order valence-electron chi connectivity index (χ4n) is 13.3. The highest BCUT2D eigenvalue weighted by atomic mass is 16.5. The number of amides is 1. The zero-order chi connectivity index (χ0) is 64.2. The molecule has 6 nitrogen and oxygen atoms in total. The lowest BCUT2D eigenvalue weighted by molar-refractivity contribution is -0.143. The van der Waals surface area contributed by atoms with E-state index in [1.54, 1.807) is 0 Å². The van der Waals surface area contributed by atoms with Crippen LogP contribution in [0.15, 0.2) is 24.3 Å². The number of esters is 1. The third-order valence-electron chi connectivity index (χ3n) is 19.5. The molecule has 0 spiro atoms. The Labute approximate surface area is 558 Å². The SMILES string of the molecule is CCCCCCCCCCCCCCCCCCCCCCCCCCC(O)C(CO)NC(=O)CCCCCCCCCCCCCCC/C=C\C/C=C\CCCCCCCCCCCOC(=O)CCCCCCCCCCCCCCCCCCCCC. The number of aliphatic hydroxyl groups excluding tert-OH is 2. The Morgan fingerprint density at radius 1 is 0.315 bits per heavy atom. The van der Waals surface area contributed by atoms with Crippen molar-refractivity contribution < 1.29 is 24.5 Å². The van der Waals surface area contributed by atoms with E-state index in [4.69, 9.17) is 4.74 Å². The maximum atomic E-state index is 12.6. The van der Waals surface area contributed by atoms with E-state index < -0.39 is 12.1 Å². The Morgan fingerprint density at radius 2 is 0.562 bits per heavy atom. The number of nitrogens with one attached hydrogen (secondary N) is 1. The highest BCUT2D eigenvalue weighted by molar-refractivity contribution is 5.76. The van der Waals surface area contributed by atoms with Crippen LogP contribution < -0.4 is 5.32 Å². The molecule has 0 aromatic rings. The normalized spacial score (nSPS) is 12.5. The van der Waals surface area contributed by atoms with Gasteiger partial charge in [0, 0.05) is 12.8 Å². The predicted octanol–water partition coefficient (Wildman–Crippen LogP) is 27.2. The van der Waals surface area contributed by atoms with Crippen LogP contribution in [-0.4, -0.2) is 47.4 Å². The van der Waals surface area contributed by atoms with E-state index in [9.17, 15) is 19.8 Å². The molecule has 89 heavy (non-hydrogen) atoms. The lowest BCUT2D eigenvalue weighted by atomic mass is 10.0. The van der Waals surface area contributed by atoms with Crippen molar-refractivity contribution in [1.82, 2.24) is 5.32 Å². The monoisotopic (exact) mass is 1250 g/mol. The number of allylic oxidation sites excluding steroid dienone is 4. The molecule has 0 aromatic heterocycles. The van der Waals surface area contributed by atoms with Gasteiger partial charge in [-0.25, -0.2) is 0 Å². The molecule has 0 aliphatic carbocycles. The molecule has 0 radical (unpaired) electrons. The summed E-state index contributed by atoms with van der Waals surface area (Å²) < 4.78 is 5.52. The molecule has 6 heteroatoms. The molecule has 0 aliphatic rings. The average molecular weight is 1250 g/mol. The predicted molar refractivity (Wildman–Crippen MR) is 393 cm³/mol. The number of hydrogen-bond acceptors (Lipinski definition) is 5. The van der Waals surface area contributed by atoms with Crippen molar-refractivity contribution in [3.63, 3.8) is 0 Å². The van der Waals surface area contributed by atoms with Gasteiger partial charge in [0.2, 0.25) is 5.91 Å². The molecule has 0 rings (SSSR count). The van der Waals surface area contributed by atoms with Gasteiger partial charge < -0.3 is 20.3 Å². The van der Waals surface area contributed by atoms with Crippen molar-refractivity contribution in [2.24, 2.45) is 0 Å². The van der Waals surface area contributed by atoms with Crippen LogP contribution in [0.25, 0.3) is 0 Å². The fraction of sp³-hybridized carbons (Fsp3) is 0.928. The quantitative estimate of drug-likeness (QED) is 0.0320. The molecule has 0 saturated carbocycles. The van der Waals surface area contributed by atoms with Crippen LogP contribution in [-0.2, 0) is 14.3 Å². The molecule has 0 bridgehead atoms. The summed E-state index contributed by atoms with van der Waals surface area (Å²) in [6.07, 6.45) is 101. The molecule has 0 aromatic carbocycles. The zero-order valence-corrected chi connectivity index (χ0v) is 60.7. The Morgan fingerprint density at radius 3 is 0.854 bits per heavy atom. The van der Waals surface area contributed by atoms with E-state index in [1.807, 2.05) is 0 Å². The van der Waals surface area contributed by atoms with E-state index in [1.165, 1.54) is 392 Å². The smallest absolute Gasteiger partial charge is 0.305 e. The van der Waals surface area contributed by atoms with Crippen LogP contribution >= 0.6 is 0 Å². The number of rotatable bonds is 78. The van der Waals surface area contributed by atoms with Gasteiger partial charge in [-0.2, -0.15) is 0 Å². The van der Waals surface area contributed by atoms with Crippen molar-refractivity contribution >= 4 is 11.9 Å². The van der Waals surface area contributed by atoms with E-state index in [-0.39, 0.29) is 18.5 Å². The lowest BCUT2D eigenvalue weighted by Crippen LogP contribution is -2.45. The van der Waals surface area contributed by atoms with Gasteiger partial charge >= 0.3 is 5.97 Å². The van der Waals surface area contributed by atoms with Crippen molar-refractivity contribution in [3.05, 3.63) is 24.3 Å². The van der Waals surface area contributed by atoms with Crippen LogP contribution in [0.5, 0.6) is 0 Å². The number of ether oxygens (including phenoxy) is 1. The first kappa shape index (κ1) is 87.3. The second-order valence-corrected chi connectivity index (χ2v) is 28.5.